The molecule has 5 nitrogen and oxygen atoms in total. The zero-order valence-corrected chi connectivity index (χ0v) is 12.9. The molecular weight excluding hydrogens is 266 g/mol. The van der Waals surface area contributed by atoms with E-state index in [1.54, 1.807) is 6.33 Å². The van der Waals surface area contributed by atoms with Crippen LogP contribution in [0.5, 0.6) is 0 Å². The van der Waals surface area contributed by atoms with Crippen LogP contribution in [0.15, 0.2) is 6.33 Å². The topological polar surface area (TPSA) is 81.1 Å². The van der Waals surface area contributed by atoms with Crippen molar-refractivity contribution in [1.82, 2.24) is 9.55 Å². The Hall–Kier alpha value is -1.52. The van der Waals surface area contributed by atoms with Gasteiger partial charge in [-0.15, -0.1) is 0 Å². The van der Waals surface area contributed by atoms with Crippen LogP contribution in [0.1, 0.15) is 68.9 Å². The molecule has 2 aliphatic rings. The molecule has 1 aromatic rings. The summed E-state index contributed by atoms with van der Waals surface area (Å²) in [6.45, 7) is 4.51. The average molecular weight is 291 g/mol. The number of aromatic carboxylic acids is 1. The predicted octanol–water partition coefficient (Wildman–Crippen LogP) is 3.33. The number of carboxylic acid groups (broad SMARTS) is 1. The summed E-state index contributed by atoms with van der Waals surface area (Å²) in [5, 5.41) is 9.49. The van der Waals surface area contributed by atoms with Gasteiger partial charge in [0.05, 0.1) is 6.33 Å². The van der Waals surface area contributed by atoms with E-state index in [1.807, 2.05) is 4.57 Å². The standard InChI is InChI=1S/C16H25N3O2/c1-16(2)8-7-10-5-3-4-6-11(10)13(16)19-9-18-14(17)12(19)15(20)21/h9-11,13H,3-8,17H2,1-2H3,(H,20,21)/t10-,11-,13-/m0/s1. The molecule has 0 amide bonds. The molecule has 0 radical (unpaired) electrons. The summed E-state index contributed by atoms with van der Waals surface area (Å²) < 4.78 is 1.86. The minimum atomic E-state index is -0.973. The van der Waals surface area contributed by atoms with E-state index < -0.39 is 5.97 Å². The predicted molar refractivity (Wildman–Crippen MR) is 81.1 cm³/mol. The Morgan fingerprint density at radius 1 is 1.38 bits per heavy atom. The fourth-order valence-corrected chi connectivity index (χ4v) is 4.68. The number of aromatic nitrogens is 2. The van der Waals surface area contributed by atoms with Crippen LogP contribution in [-0.2, 0) is 0 Å². The first-order valence-corrected chi connectivity index (χ1v) is 7.97. The monoisotopic (exact) mass is 291 g/mol. The molecule has 3 N–H and O–H groups in total. The van der Waals surface area contributed by atoms with Crippen LogP contribution >= 0.6 is 0 Å². The fraction of sp³-hybridized carbons (Fsp3) is 0.750. The van der Waals surface area contributed by atoms with Gasteiger partial charge in [0.2, 0.25) is 0 Å². The fourth-order valence-electron chi connectivity index (χ4n) is 4.68. The van der Waals surface area contributed by atoms with Crippen LogP contribution in [0.4, 0.5) is 5.82 Å². The van der Waals surface area contributed by atoms with Crippen molar-refractivity contribution in [1.29, 1.82) is 0 Å². The summed E-state index contributed by atoms with van der Waals surface area (Å²) in [7, 11) is 0. The Balaban J connectivity index is 2.06. The number of nitrogen functional groups attached to an aromatic ring is 1. The molecule has 3 rings (SSSR count). The van der Waals surface area contributed by atoms with E-state index in [0.717, 1.165) is 12.3 Å². The Labute approximate surface area is 125 Å². The van der Waals surface area contributed by atoms with E-state index in [2.05, 4.69) is 18.8 Å². The normalized spacial score (nSPS) is 31.6. The highest BCUT2D eigenvalue weighted by Gasteiger charge is 2.46. The van der Waals surface area contributed by atoms with Gasteiger partial charge in [0, 0.05) is 6.04 Å². The average Bonchev–Trinajstić information content (AvgIpc) is 2.79. The van der Waals surface area contributed by atoms with Gasteiger partial charge in [-0.1, -0.05) is 33.1 Å². The van der Waals surface area contributed by atoms with Crippen molar-refractivity contribution in [3.63, 3.8) is 0 Å². The third kappa shape index (κ3) is 2.32. The van der Waals surface area contributed by atoms with Crippen molar-refractivity contribution in [2.45, 2.75) is 58.4 Å². The second-order valence-electron chi connectivity index (χ2n) is 7.37. The largest absolute Gasteiger partial charge is 0.476 e. The highest BCUT2D eigenvalue weighted by atomic mass is 16.4. The first-order valence-electron chi connectivity index (χ1n) is 7.97. The maximum atomic E-state index is 11.6. The highest BCUT2D eigenvalue weighted by molar-refractivity contribution is 5.90. The molecule has 0 spiro atoms. The third-order valence-corrected chi connectivity index (χ3v) is 5.66. The maximum Gasteiger partial charge on any atom is 0.356 e. The van der Waals surface area contributed by atoms with Gasteiger partial charge in [0.1, 0.15) is 0 Å². The van der Waals surface area contributed by atoms with Gasteiger partial charge in [-0.25, -0.2) is 9.78 Å². The van der Waals surface area contributed by atoms with Crippen LogP contribution in [0.2, 0.25) is 0 Å². The maximum absolute atomic E-state index is 11.6. The Bertz CT molecular complexity index is 550. The Morgan fingerprint density at radius 2 is 2.10 bits per heavy atom. The minimum Gasteiger partial charge on any atom is -0.476 e. The Morgan fingerprint density at radius 3 is 2.81 bits per heavy atom. The lowest BCUT2D eigenvalue weighted by Gasteiger charge is -2.50. The van der Waals surface area contributed by atoms with E-state index in [1.165, 1.54) is 32.1 Å². The number of rotatable bonds is 2. The first kappa shape index (κ1) is 14.4. The third-order valence-electron chi connectivity index (χ3n) is 5.66. The van der Waals surface area contributed by atoms with Crippen LogP contribution < -0.4 is 5.73 Å². The molecule has 0 bridgehead atoms. The van der Waals surface area contributed by atoms with Gasteiger partial charge in [-0.05, 0) is 36.5 Å². The van der Waals surface area contributed by atoms with Crippen molar-refractivity contribution >= 4 is 11.8 Å². The van der Waals surface area contributed by atoms with E-state index in [0.29, 0.717) is 5.92 Å². The molecule has 0 aliphatic heterocycles. The van der Waals surface area contributed by atoms with Crippen molar-refractivity contribution in [2.24, 2.45) is 17.3 Å². The summed E-state index contributed by atoms with van der Waals surface area (Å²) in [6.07, 6.45) is 9.07. The molecule has 0 saturated heterocycles. The molecule has 116 valence electrons. The number of hydrogen-bond donors (Lipinski definition) is 2. The number of nitrogens with two attached hydrogens (primary N) is 1. The number of anilines is 1. The second kappa shape index (κ2) is 5.04. The van der Waals surface area contributed by atoms with Gasteiger partial charge in [0.15, 0.2) is 11.5 Å². The van der Waals surface area contributed by atoms with Gasteiger partial charge in [-0.3, -0.25) is 0 Å². The van der Waals surface area contributed by atoms with Crippen molar-refractivity contribution in [2.75, 3.05) is 5.73 Å². The van der Waals surface area contributed by atoms with Crippen LogP contribution in [0.3, 0.4) is 0 Å². The van der Waals surface area contributed by atoms with Gasteiger partial charge in [-0.2, -0.15) is 0 Å². The molecule has 0 aromatic carbocycles. The molecule has 21 heavy (non-hydrogen) atoms. The van der Waals surface area contributed by atoms with E-state index in [9.17, 15) is 9.90 Å². The molecule has 1 heterocycles. The lowest BCUT2D eigenvalue weighted by Crippen LogP contribution is -2.43. The van der Waals surface area contributed by atoms with E-state index in [4.69, 9.17) is 5.73 Å². The Kier molecular flexibility index (Phi) is 3.46. The van der Waals surface area contributed by atoms with E-state index >= 15 is 0 Å². The van der Waals surface area contributed by atoms with Crippen LogP contribution in [-0.4, -0.2) is 20.6 Å². The number of fused-ring (bicyclic) bond motifs is 1. The molecule has 0 unspecified atom stereocenters. The van der Waals surface area contributed by atoms with Crippen molar-refractivity contribution in [3.8, 4) is 0 Å². The van der Waals surface area contributed by atoms with Gasteiger partial charge >= 0.3 is 5.97 Å². The van der Waals surface area contributed by atoms with Gasteiger partial charge < -0.3 is 15.4 Å². The number of hydrogen-bond acceptors (Lipinski definition) is 3. The molecule has 3 atom stereocenters. The minimum absolute atomic E-state index is 0.0792. The summed E-state index contributed by atoms with van der Waals surface area (Å²) in [6, 6.07) is 0.187. The van der Waals surface area contributed by atoms with E-state index in [-0.39, 0.29) is 23.0 Å². The molecule has 1 aromatic heterocycles. The lowest BCUT2D eigenvalue weighted by atomic mass is 9.59. The SMILES string of the molecule is CC1(C)CC[C@@H]2CCCC[C@@H]2[C@@H]1n1cnc(N)c1C(=O)O. The van der Waals surface area contributed by atoms with Gasteiger partial charge in [0.25, 0.3) is 0 Å². The molecule has 2 aliphatic carbocycles. The zero-order valence-electron chi connectivity index (χ0n) is 12.9. The summed E-state index contributed by atoms with van der Waals surface area (Å²) in [4.78, 5) is 15.7. The molecule has 2 saturated carbocycles. The molecule has 5 heteroatoms. The molecule has 2 fully saturated rings. The second-order valence-corrected chi connectivity index (χ2v) is 7.37. The van der Waals surface area contributed by atoms with Crippen molar-refractivity contribution < 1.29 is 9.90 Å². The lowest BCUT2D eigenvalue weighted by molar-refractivity contribution is 0.0104. The number of carboxylic acids is 1. The van der Waals surface area contributed by atoms with Crippen LogP contribution in [0, 0.1) is 17.3 Å². The quantitative estimate of drug-likeness (QED) is 0.875. The van der Waals surface area contributed by atoms with Crippen LogP contribution in [0.25, 0.3) is 0 Å². The highest BCUT2D eigenvalue weighted by Crippen LogP contribution is 2.54. The number of nitrogens with zero attached hydrogens (tertiary/aromatic N) is 2. The summed E-state index contributed by atoms with van der Waals surface area (Å²) in [5.41, 5.74) is 6.04. The number of carbonyl (C=O) groups is 1. The summed E-state index contributed by atoms with van der Waals surface area (Å²) in [5.74, 6) is 0.436. The molecular formula is C16H25N3O2. The smallest absolute Gasteiger partial charge is 0.356 e. The zero-order chi connectivity index (χ0) is 15.2. The number of imidazole rings is 1. The van der Waals surface area contributed by atoms with Crippen molar-refractivity contribution in [3.05, 3.63) is 12.0 Å². The summed E-state index contributed by atoms with van der Waals surface area (Å²) >= 11 is 0. The first-order chi connectivity index (χ1) is 9.92.